The average Bonchev–Trinajstić information content (AvgIpc) is 2.96. The van der Waals surface area contributed by atoms with Crippen molar-refractivity contribution in [2.24, 2.45) is 0 Å². The zero-order valence-electron chi connectivity index (χ0n) is 11.6. The molecule has 1 aromatic heterocycles. The number of carbonyl (C=O) groups excluding carboxylic acids is 1. The minimum atomic E-state index is -0.0268. The summed E-state index contributed by atoms with van der Waals surface area (Å²) < 4.78 is 8.25. The molecule has 0 spiro atoms. The number of ether oxygens (including phenoxy) is 1. The van der Waals surface area contributed by atoms with Crippen molar-refractivity contribution in [1.29, 1.82) is 0 Å². The molecule has 2 rings (SSSR count). The zero-order chi connectivity index (χ0) is 14.0. The third-order valence-corrected chi connectivity index (χ3v) is 4.65. The summed E-state index contributed by atoms with van der Waals surface area (Å²) in [6.45, 7) is 6.90. The summed E-state index contributed by atoms with van der Waals surface area (Å²) in [5, 5.41) is 7.32. The molecule has 1 amide bonds. The predicted molar refractivity (Wildman–Crippen MR) is 76.0 cm³/mol. The Labute approximate surface area is 121 Å². The summed E-state index contributed by atoms with van der Waals surface area (Å²) in [7, 11) is 0. The molecular formula is C13H20BrN3O2. The van der Waals surface area contributed by atoms with E-state index in [1.54, 1.807) is 4.68 Å². The first-order valence-electron chi connectivity index (χ1n) is 6.59. The Bertz CT molecular complexity index is 467. The quantitative estimate of drug-likeness (QED) is 0.918. The molecule has 1 aliphatic rings. The lowest BCUT2D eigenvalue weighted by atomic mass is 10.1. The van der Waals surface area contributed by atoms with Gasteiger partial charge < -0.3 is 10.1 Å². The van der Waals surface area contributed by atoms with Crippen molar-refractivity contribution in [1.82, 2.24) is 15.1 Å². The smallest absolute Gasteiger partial charge is 0.242 e. The molecule has 19 heavy (non-hydrogen) atoms. The number of nitrogens with zero attached hydrogens (tertiary/aromatic N) is 2. The van der Waals surface area contributed by atoms with Gasteiger partial charge in [0, 0.05) is 6.61 Å². The lowest BCUT2D eigenvalue weighted by Gasteiger charge is -2.20. The molecular weight excluding hydrogens is 310 g/mol. The van der Waals surface area contributed by atoms with Crippen LogP contribution in [0.2, 0.25) is 0 Å². The highest BCUT2D eigenvalue weighted by Crippen LogP contribution is 2.19. The molecule has 0 saturated carbocycles. The molecule has 1 saturated heterocycles. The molecule has 0 bridgehead atoms. The first-order chi connectivity index (χ1) is 8.99. The van der Waals surface area contributed by atoms with E-state index >= 15 is 0 Å². The average molecular weight is 330 g/mol. The molecule has 106 valence electrons. The third-order valence-electron chi connectivity index (χ3n) is 3.50. The van der Waals surface area contributed by atoms with Crippen molar-refractivity contribution < 1.29 is 9.53 Å². The van der Waals surface area contributed by atoms with Crippen LogP contribution in [0.5, 0.6) is 0 Å². The van der Waals surface area contributed by atoms with Crippen molar-refractivity contribution in [3.8, 4) is 0 Å². The van der Waals surface area contributed by atoms with Gasteiger partial charge in [-0.05, 0) is 49.5 Å². The van der Waals surface area contributed by atoms with Gasteiger partial charge in [-0.15, -0.1) is 0 Å². The van der Waals surface area contributed by atoms with Crippen LogP contribution in [0.3, 0.4) is 0 Å². The second-order valence-corrected chi connectivity index (χ2v) is 5.84. The molecule has 1 fully saturated rings. The Balaban J connectivity index is 1.91. The van der Waals surface area contributed by atoms with Crippen molar-refractivity contribution >= 4 is 21.8 Å². The van der Waals surface area contributed by atoms with Gasteiger partial charge in [0.15, 0.2) is 0 Å². The maximum Gasteiger partial charge on any atom is 0.242 e. The molecule has 5 nitrogen and oxygen atoms in total. The summed E-state index contributed by atoms with van der Waals surface area (Å²) in [5.74, 6) is -0.0268. The van der Waals surface area contributed by atoms with E-state index in [-0.39, 0.29) is 24.6 Å². The number of amides is 1. The van der Waals surface area contributed by atoms with Gasteiger partial charge >= 0.3 is 0 Å². The maximum absolute atomic E-state index is 12.0. The fourth-order valence-electron chi connectivity index (χ4n) is 2.35. The lowest BCUT2D eigenvalue weighted by molar-refractivity contribution is -0.123. The number of aromatic nitrogens is 2. The molecule has 6 heteroatoms. The molecule has 0 aromatic carbocycles. The van der Waals surface area contributed by atoms with E-state index in [9.17, 15) is 4.79 Å². The highest BCUT2D eigenvalue weighted by molar-refractivity contribution is 9.10. The molecule has 2 atom stereocenters. The number of nitrogens with one attached hydrogen (secondary N) is 1. The molecule has 1 aliphatic heterocycles. The lowest BCUT2D eigenvalue weighted by Crippen LogP contribution is -2.42. The van der Waals surface area contributed by atoms with Crippen LogP contribution in [0.1, 0.15) is 31.2 Å². The second kappa shape index (κ2) is 6.05. The first kappa shape index (κ1) is 14.5. The van der Waals surface area contributed by atoms with Gasteiger partial charge in [0.05, 0.1) is 28.0 Å². The minimum absolute atomic E-state index is 0.0268. The molecule has 2 heterocycles. The molecule has 0 radical (unpaired) electrons. The fourth-order valence-corrected chi connectivity index (χ4v) is 2.64. The standard InChI is InChI=1S/C13H20BrN3O2/c1-8(11-5-4-6-19-11)15-12(18)7-17-10(3)13(14)9(2)16-17/h8,11H,4-7H2,1-3H3,(H,15,18). The Kier molecular flexibility index (Phi) is 4.62. The van der Waals surface area contributed by atoms with Crippen molar-refractivity contribution in [3.63, 3.8) is 0 Å². The van der Waals surface area contributed by atoms with Crippen LogP contribution in [0, 0.1) is 13.8 Å². The van der Waals surface area contributed by atoms with E-state index in [1.807, 2.05) is 20.8 Å². The Morgan fingerprint density at radius 2 is 2.37 bits per heavy atom. The molecule has 2 unspecified atom stereocenters. The maximum atomic E-state index is 12.0. The van der Waals surface area contributed by atoms with E-state index in [0.717, 1.165) is 35.3 Å². The Morgan fingerprint density at radius 3 is 2.89 bits per heavy atom. The summed E-state index contributed by atoms with van der Waals surface area (Å²) >= 11 is 3.46. The van der Waals surface area contributed by atoms with Crippen LogP contribution in [0.15, 0.2) is 4.47 Å². The number of rotatable bonds is 4. The van der Waals surface area contributed by atoms with Gasteiger partial charge in [-0.3, -0.25) is 9.48 Å². The van der Waals surface area contributed by atoms with E-state index in [1.165, 1.54) is 0 Å². The number of hydrogen-bond acceptors (Lipinski definition) is 3. The Hall–Kier alpha value is -0.880. The minimum Gasteiger partial charge on any atom is -0.376 e. The van der Waals surface area contributed by atoms with Crippen molar-refractivity contribution in [2.75, 3.05) is 6.61 Å². The van der Waals surface area contributed by atoms with Gasteiger partial charge in [-0.25, -0.2) is 0 Å². The Morgan fingerprint density at radius 1 is 1.63 bits per heavy atom. The highest BCUT2D eigenvalue weighted by atomic mass is 79.9. The summed E-state index contributed by atoms with van der Waals surface area (Å²) in [6, 6.07) is 0.0513. The van der Waals surface area contributed by atoms with Crippen molar-refractivity contribution in [2.45, 2.75) is 52.3 Å². The zero-order valence-corrected chi connectivity index (χ0v) is 13.2. The fraction of sp³-hybridized carbons (Fsp3) is 0.692. The first-order valence-corrected chi connectivity index (χ1v) is 7.39. The van der Waals surface area contributed by atoms with Gasteiger partial charge in [0.1, 0.15) is 6.54 Å². The summed E-state index contributed by atoms with van der Waals surface area (Å²) in [4.78, 5) is 12.0. The topological polar surface area (TPSA) is 56.2 Å². The number of hydrogen-bond donors (Lipinski definition) is 1. The molecule has 1 aromatic rings. The highest BCUT2D eigenvalue weighted by Gasteiger charge is 2.24. The number of carbonyl (C=O) groups is 1. The van der Waals surface area contributed by atoms with Crippen LogP contribution in [0.25, 0.3) is 0 Å². The molecule has 0 aliphatic carbocycles. The monoisotopic (exact) mass is 329 g/mol. The SMILES string of the molecule is Cc1nn(CC(=O)NC(C)C2CCCO2)c(C)c1Br. The number of halogens is 1. The van der Waals surface area contributed by atoms with Gasteiger partial charge in [0.2, 0.25) is 5.91 Å². The van der Waals surface area contributed by atoms with Crippen LogP contribution < -0.4 is 5.32 Å². The van der Waals surface area contributed by atoms with E-state index < -0.39 is 0 Å². The number of aryl methyl sites for hydroxylation is 1. The second-order valence-electron chi connectivity index (χ2n) is 5.05. The summed E-state index contributed by atoms with van der Waals surface area (Å²) in [6.07, 6.45) is 2.25. The van der Waals surface area contributed by atoms with Gasteiger partial charge in [0.25, 0.3) is 0 Å². The van der Waals surface area contributed by atoms with Gasteiger partial charge in [-0.2, -0.15) is 5.10 Å². The van der Waals surface area contributed by atoms with E-state index in [2.05, 4.69) is 26.3 Å². The molecule has 1 N–H and O–H groups in total. The van der Waals surface area contributed by atoms with Crippen LogP contribution in [-0.4, -0.2) is 34.4 Å². The summed E-state index contributed by atoms with van der Waals surface area (Å²) in [5.41, 5.74) is 1.87. The largest absolute Gasteiger partial charge is 0.376 e. The van der Waals surface area contributed by atoms with Crippen LogP contribution in [0.4, 0.5) is 0 Å². The van der Waals surface area contributed by atoms with E-state index in [0.29, 0.717) is 0 Å². The van der Waals surface area contributed by atoms with E-state index in [4.69, 9.17) is 4.74 Å². The van der Waals surface area contributed by atoms with Crippen molar-refractivity contribution in [3.05, 3.63) is 15.9 Å². The predicted octanol–water partition coefficient (Wildman–Crippen LogP) is 1.95. The van der Waals surface area contributed by atoms with Gasteiger partial charge in [-0.1, -0.05) is 0 Å². The van der Waals surface area contributed by atoms with Crippen LogP contribution >= 0.6 is 15.9 Å². The normalized spacial score (nSPS) is 20.5. The third kappa shape index (κ3) is 3.36. The van der Waals surface area contributed by atoms with Crippen LogP contribution in [-0.2, 0) is 16.1 Å².